The van der Waals surface area contributed by atoms with E-state index in [2.05, 4.69) is 19.1 Å². The first kappa shape index (κ1) is 17.7. The monoisotopic (exact) mass is 358 g/mol. The standard InChI is InChI=1S/C24H26N2O/c1-17-13-14-22-20(15-17)21(16-23(25-22)18-9-5-3-6-10-18)24(27)26(2)19-11-7-4-8-12-19/h3,5-6,9-10,13-16,19H,4,7-8,11-12H2,1-2H3. The normalized spacial score (nSPS) is 15.0. The summed E-state index contributed by atoms with van der Waals surface area (Å²) in [6.45, 7) is 2.06. The number of hydrogen-bond acceptors (Lipinski definition) is 2. The van der Waals surface area contributed by atoms with Crippen LogP contribution < -0.4 is 0 Å². The van der Waals surface area contributed by atoms with Crippen LogP contribution in [0, 0.1) is 6.92 Å². The second kappa shape index (κ2) is 7.51. The van der Waals surface area contributed by atoms with Crippen LogP contribution in [0.3, 0.4) is 0 Å². The number of carbonyl (C=O) groups excluding carboxylic acids is 1. The first-order chi connectivity index (χ1) is 13.1. The molecule has 3 heteroatoms. The number of rotatable bonds is 3. The zero-order chi connectivity index (χ0) is 18.8. The van der Waals surface area contributed by atoms with Gasteiger partial charge in [0.2, 0.25) is 0 Å². The highest BCUT2D eigenvalue weighted by atomic mass is 16.2. The van der Waals surface area contributed by atoms with Gasteiger partial charge in [0.05, 0.1) is 16.8 Å². The lowest BCUT2D eigenvalue weighted by Gasteiger charge is -2.31. The van der Waals surface area contributed by atoms with Crippen LogP contribution in [0.4, 0.5) is 0 Å². The predicted octanol–water partition coefficient (Wildman–Crippen LogP) is 5.61. The molecule has 1 heterocycles. The summed E-state index contributed by atoms with van der Waals surface area (Å²) in [5, 5.41) is 0.947. The van der Waals surface area contributed by atoms with E-state index in [-0.39, 0.29) is 5.91 Å². The highest BCUT2D eigenvalue weighted by Crippen LogP contribution is 2.29. The fourth-order valence-electron chi connectivity index (χ4n) is 4.10. The van der Waals surface area contributed by atoms with Gasteiger partial charge < -0.3 is 4.90 Å². The van der Waals surface area contributed by atoms with E-state index in [1.807, 2.05) is 54.4 Å². The largest absolute Gasteiger partial charge is 0.339 e. The molecule has 0 N–H and O–H groups in total. The molecule has 0 radical (unpaired) electrons. The molecule has 138 valence electrons. The van der Waals surface area contributed by atoms with Crippen molar-refractivity contribution < 1.29 is 4.79 Å². The van der Waals surface area contributed by atoms with E-state index in [1.165, 1.54) is 19.3 Å². The van der Waals surface area contributed by atoms with Crippen molar-refractivity contribution >= 4 is 16.8 Å². The minimum absolute atomic E-state index is 0.108. The number of nitrogens with zero attached hydrogens (tertiary/aromatic N) is 2. The van der Waals surface area contributed by atoms with Gasteiger partial charge in [-0.2, -0.15) is 0 Å². The number of carbonyl (C=O) groups is 1. The van der Waals surface area contributed by atoms with Gasteiger partial charge in [0.15, 0.2) is 0 Å². The quantitative estimate of drug-likeness (QED) is 0.609. The topological polar surface area (TPSA) is 33.2 Å². The fourth-order valence-corrected chi connectivity index (χ4v) is 4.10. The van der Waals surface area contributed by atoms with Crippen molar-refractivity contribution in [3.8, 4) is 11.3 Å². The van der Waals surface area contributed by atoms with Gasteiger partial charge in [0, 0.05) is 24.0 Å². The van der Waals surface area contributed by atoms with E-state index in [0.29, 0.717) is 6.04 Å². The number of fused-ring (bicyclic) bond motifs is 1. The molecule has 0 spiro atoms. The summed E-state index contributed by atoms with van der Waals surface area (Å²) in [5.74, 6) is 0.108. The molecule has 3 aromatic rings. The van der Waals surface area contributed by atoms with Crippen LogP contribution >= 0.6 is 0 Å². The molecule has 1 saturated carbocycles. The lowest BCUT2D eigenvalue weighted by atomic mass is 9.93. The third-order valence-electron chi connectivity index (χ3n) is 5.71. The summed E-state index contributed by atoms with van der Waals surface area (Å²) in [4.78, 5) is 20.2. The van der Waals surface area contributed by atoms with Gasteiger partial charge in [0.1, 0.15) is 0 Å². The molecule has 1 aliphatic rings. The zero-order valence-electron chi connectivity index (χ0n) is 16.1. The Morgan fingerprint density at radius 1 is 1.00 bits per heavy atom. The van der Waals surface area contributed by atoms with E-state index < -0.39 is 0 Å². The molecule has 0 saturated heterocycles. The zero-order valence-corrected chi connectivity index (χ0v) is 16.1. The lowest BCUT2D eigenvalue weighted by molar-refractivity contribution is 0.0698. The molecule has 0 unspecified atom stereocenters. The first-order valence-corrected chi connectivity index (χ1v) is 9.87. The molecule has 1 fully saturated rings. The Hall–Kier alpha value is -2.68. The predicted molar refractivity (Wildman–Crippen MR) is 111 cm³/mol. The van der Waals surface area contributed by atoms with Crippen LogP contribution in [-0.4, -0.2) is 28.9 Å². The molecule has 1 amide bonds. The van der Waals surface area contributed by atoms with Crippen molar-refractivity contribution in [2.24, 2.45) is 0 Å². The molecule has 0 bridgehead atoms. The molecule has 0 aliphatic heterocycles. The summed E-state index contributed by atoms with van der Waals surface area (Å²) < 4.78 is 0. The van der Waals surface area contributed by atoms with E-state index in [9.17, 15) is 4.79 Å². The van der Waals surface area contributed by atoms with Crippen LogP contribution in [0.5, 0.6) is 0 Å². The van der Waals surface area contributed by atoms with E-state index in [4.69, 9.17) is 4.98 Å². The average molecular weight is 358 g/mol. The second-order valence-corrected chi connectivity index (χ2v) is 7.65. The first-order valence-electron chi connectivity index (χ1n) is 9.87. The Balaban J connectivity index is 1.81. The maximum Gasteiger partial charge on any atom is 0.254 e. The molecule has 1 aliphatic carbocycles. The van der Waals surface area contributed by atoms with Crippen LogP contribution in [0.25, 0.3) is 22.2 Å². The number of hydrogen-bond donors (Lipinski definition) is 0. The van der Waals surface area contributed by atoms with Crippen LogP contribution in [-0.2, 0) is 0 Å². The number of aryl methyl sites for hydroxylation is 1. The van der Waals surface area contributed by atoms with Gasteiger partial charge >= 0.3 is 0 Å². The fraction of sp³-hybridized carbons (Fsp3) is 0.333. The van der Waals surface area contributed by atoms with Gasteiger partial charge in [-0.1, -0.05) is 61.2 Å². The lowest BCUT2D eigenvalue weighted by Crippen LogP contribution is -2.38. The maximum absolute atomic E-state index is 13.5. The number of benzene rings is 2. The van der Waals surface area contributed by atoms with Crippen molar-refractivity contribution in [1.82, 2.24) is 9.88 Å². The molecule has 1 aromatic heterocycles. The Kier molecular flexibility index (Phi) is 4.93. The van der Waals surface area contributed by atoms with Crippen molar-refractivity contribution in [3.05, 3.63) is 65.7 Å². The third-order valence-corrected chi connectivity index (χ3v) is 5.71. The molecular weight excluding hydrogens is 332 g/mol. The van der Waals surface area contributed by atoms with Gasteiger partial charge in [-0.25, -0.2) is 4.98 Å². The molecule has 27 heavy (non-hydrogen) atoms. The second-order valence-electron chi connectivity index (χ2n) is 7.65. The minimum atomic E-state index is 0.108. The van der Waals surface area contributed by atoms with E-state index in [1.54, 1.807) is 0 Å². The summed E-state index contributed by atoms with van der Waals surface area (Å²) in [7, 11) is 1.96. The molecule has 3 nitrogen and oxygen atoms in total. The number of amides is 1. The SMILES string of the molecule is Cc1ccc2nc(-c3ccccc3)cc(C(=O)N(C)C3CCCCC3)c2c1. The Morgan fingerprint density at radius 3 is 2.48 bits per heavy atom. The van der Waals surface area contributed by atoms with Gasteiger partial charge in [-0.05, 0) is 38.0 Å². The molecule has 0 atom stereocenters. The summed E-state index contributed by atoms with van der Waals surface area (Å²) >= 11 is 0. The van der Waals surface area contributed by atoms with Gasteiger partial charge in [-0.15, -0.1) is 0 Å². The summed E-state index contributed by atoms with van der Waals surface area (Å²) in [5.41, 5.74) is 4.67. The number of aromatic nitrogens is 1. The van der Waals surface area contributed by atoms with E-state index >= 15 is 0 Å². The maximum atomic E-state index is 13.5. The van der Waals surface area contributed by atoms with Crippen LogP contribution in [0.1, 0.15) is 48.0 Å². The third kappa shape index (κ3) is 3.59. The Bertz CT molecular complexity index is 959. The average Bonchev–Trinajstić information content (AvgIpc) is 2.73. The minimum Gasteiger partial charge on any atom is -0.339 e. The van der Waals surface area contributed by atoms with Crippen LogP contribution in [0.15, 0.2) is 54.6 Å². The van der Waals surface area contributed by atoms with Crippen molar-refractivity contribution in [2.75, 3.05) is 7.05 Å². The Morgan fingerprint density at radius 2 is 1.74 bits per heavy atom. The summed E-state index contributed by atoms with van der Waals surface area (Å²) in [6.07, 6.45) is 5.93. The van der Waals surface area contributed by atoms with Gasteiger partial charge in [0.25, 0.3) is 5.91 Å². The number of pyridine rings is 1. The highest BCUT2D eigenvalue weighted by Gasteiger charge is 2.25. The van der Waals surface area contributed by atoms with Crippen LogP contribution in [0.2, 0.25) is 0 Å². The molecular formula is C24H26N2O. The summed E-state index contributed by atoms with van der Waals surface area (Å²) in [6, 6.07) is 18.6. The van der Waals surface area contributed by atoms with Crippen molar-refractivity contribution in [3.63, 3.8) is 0 Å². The Labute approximate surface area is 161 Å². The van der Waals surface area contributed by atoms with Crippen molar-refractivity contribution in [2.45, 2.75) is 45.1 Å². The molecule has 2 aromatic carbocycles. The smallest absolute Gasteiger partial charge is 0.254 e. The molecule has 4 rings (SSSR count). The van der Waals surface area contributed by atoms with Gasteiger partial charge in [-0.3, -0.25) is 4.79 Å². The van der Waals surface area contributed by atoms with E-state index in [0.717, 1.165) is 46.1 Å². The highest BCUT2D eigenvalue weighted by molar-refractivity contribution is 6.07. The van der Waals surface area contributed by atoms with Crippen molar-refractivity contribution in [1.29, 1.82) is 0 Å².